The van der Waals surface area contributed by atoms with Crippen molar-refractivity contribution < 1.29 is 23.8 Å². The zero-order valence-corrected chi connectivity index (χ0v) is 18.8. The Morgan fingerprint density at radius 1 is 1.25 bits per heavy atom. The summed E-state index contributed by atoms with van der Waals surface area (Å²) in [5.41, 5.74) is -1.32. The molecule has 1 aromatic rings. The van der Waals surface area contributed by atoms with Crippen molar-refractivity contribution in [3.63, 3.8) is 0 Å². The first kappa shape index (κ1) is 23.3. The summed E-state index contributed by atoms with van der Waals surface area (Å²) in [6.45, 7) is 1.30. The van der Waals surface area contributed by atoms with Gasteiger partial charge in [0.1, 0.15) is 11.6 Å². The van der Waals surface area contributed by atoms with Gasteiger partial charge in [-0.05, 0) is 63.6 Å². The molecule has 0 radical (unpaired) electrons. The average Bonchev–Trinajstić information content (AvgIpc) is 2.79. The van der Waals surface area contributed by atoms with E-state index in [-0.39, 0.29) is 29.2 Å². The molecule has 2 unspecified atom stereocenters. The summed E-state index contributed by atoms with van der Waals surface area (Å²) in [5, 5.41) is 20.4. The number of hydrogen-bond donors (Lipinski definition) is 4. The largest absolute Gasteiger partial charge is 0.484 e. The monoisotopic (exact) mass is 467 g/mol. The van der Waals surface area contributed by atoms with Gasteiger partial charge in [0.25, 0.3) is 5.91 Å². The SMILES string of the molecule is O=C(COc1ccc(Cl)c(F)c1)NC12CCC(C(=O)NCC3CCCCN3)(CC1)C(O)C2. The van der Waals surface area contributed by atoms with E-state index in [4.69, 9.17) is 16.3 Å². The van der Waals surface area contributed by atoms with Crippen molar-refractivity contribution in [2.24, 2.45) is 5.41 Å². The highest BCUT2D eigenvalue weighted by molar-refractivity contribution is 6.30. The smallest absolute Gasteiger partial charge is 0.258 e. The number of carbonyl (C=O) groups is 2. The van der Waals surface area contributed by atoms with Gasteiger partial charge in [0.15, 0.2) is 6.61 Å². The van der Waals surface area contributed by atoms with E-state index in [2.05, 4.69) is 16.0 Å². The summed E-state index contributed by atoms with van der Waals surface area (Å²) >= 11 is 5.65. The molecule has 1 saturated heterocycles. The summed E-state index contributed by atoms with van der Waals surface area (Å²) in [4.78, 5) is 25.5. The van der Waals surface area contributed by atoms with Crippen molar-refractivity contribution in [2.45, 2.75) is 69.1 Å². The van der Waals surface area contributed by atoms with E-state index in [0.717, 1.165) is 19.0 Å². The van der Waals surface area contributed by atoms with Crippen LogP contribution in [0.4, 0.5) is 4.39 Å². The number of aliphatic hydroxyl groups excluding tert-OH is 1. The van der Waals surface area contributed by atoms with E-state index in [0.29, 0.717) is 44.7 Å². The Balaban J connectivity index is 1.29. The molecule has 32 heavy (non-hydrogen) atoms. The third kappa shape index (κ3) is 4.87. The minimum absolute atomic E-state index is 0.0124. The first-order valence-corrected chi connectivity index (χ1v) is 11.8. The number of amides is 2. The van der Waals surface area contributed by atoms with E-state index in [9.17, 15) is 19.1 Å². The molecule has 7 nitrogen and oxygen atoms in total. The highest BCUT2D eigenvalue weighted by Crippen LogP contribution is 2.52. The van der Waals surface area contributed by atoms with Crippen molar-refractivity contribution in [1.29, 1.82) is 0 Å². The van der Waals surface area contributed by atoms with E-state index < -0.39 is 22.9 Å². The zero-order chi connectivity index (χ0) is 22.8. The third-order valence-electron chi connectivity index (χ3n) is 7.36. The van der Waals surface area contributed by atoms with Crippen molar-refractivity contribution in [1.82, 2.24) is 16.0 Å². The lowest BCUT2D eigenvalue weighted by Crippen LogP contribution is -2.66. The molecule has 1 heterocycles. The van der Waals surface area contributed by atoms with Crippen LogP contribution in [0.15, 0.2) is 18.2 Å². The Morgan fingerprint density at radius 2 is 2.03 bits per heavy atom. The van der Waals surface area contributed by atoms with Gasteiger partial charge in [-0.15, -0.1) is 0 Å². The summed E-state index contributed by atoms with van der Waals surface area (Å²) in [6, 6.07) is 4.30. The molecular formula is C23H31ClFN3O4. The molecule has 2 amide bonds. The number of piperidine rings is 1. The van der Waals surface area contributed by atoms with Crippen LogP contribution in [0.5, 0.6) is 5.75 Å². The second-order valence-corrected chi connectivity index (χ2v) is 9.83. The van der Waals surface area contributed by atoms with Crippen LogP contribution in [0.2, 0.25) is 5.02 Å². The summed E-state index contributed by atoms with van der Waals surface area (Å²) in [5.74, 6) is -0.811. The summed E-state index contributed by atoms with van der Waals surface area (Å²) in [7, 11) is 0. The molecule has 3 saturated carbocycles. The standard InChI is InChI=1S/C23H31ClFN3O4/c24-17-5-4-16(11-18(17)25)32-14-20(30)28-22-6-8-23(9-7-22,19(29)12-22)21(31)27-13-15-3-1-2-10-26-15/h4-5,11,15,19,26,29H,1-3,6-10,12-14H2,(H,27,31)(H,28,30). The second kappa shape index (κ2) is 9.53. The van der Waals surface area contributed by atoms with Crippen LogP contribution in [-0.4, -0.2) is 54.3 Å². The zero-order valence-electron chi connectivity index (χ0n) is 18.1. The molecule has 4 fully saturated rings. The Labute approximate surface area is 192 Å². The van der Waals surface area contributed by atoms with Crippen LogP contribution in [0, 0.1) is 11.2 Å². The van der Waals surface area contributed by atoms with Gasteiger partial charge >= 0.3 is 0 Å². The molecule has 5 rings (SSSR count). The van der Waals surface area contributed by atoms with Gasteiger partial charge in [-0.2, -0.15) is 0 Å². The lowest BCUT2D eigenvalue weighted by molar-refractivity contribution is -0.156. The molecule has 9 heteroatoms. The fraction of sp³-hybridized carbons (Fsp3) is 0.652. The van der Waals surface area contributed by atoms with Crippen molar-refractivity contribution in [3.05, 3.63) is 29.0 Å². The molecule has 2 bridgehead atoms. The van der Waals surface area contributed by atoms with Gasteiger partial charge in [0, 0.05) is 24.2 Å². The molecular weight excluding hydrogens is 437 g/mol. The minimum Gasteiger partial charge on any atom is -0.484 e. The third-order valence-corrected chi connectivity index (χ3v) is 7.67. The van der Waals surface area contributed by atoms with E-state index in [1.54, 1.807) is 0 Å². The minimum atomic E-state index is -0.809. The number of aliphatic hydroxyl groups is 1. The molecule has 3 aliphatic carbocycles. The van der Waals surface area contributed by atoms with Crippen LogP contribution in [0.1, 0.15) is 51.4 Å². The molecule has 1 aromatic carbocycles. The van der Waals surface area contributed by atoms with Gasteiger partial charge in [0.05, 0.1) is 16.5 Å². The highest BCUT2D eigenvalue weighted by Gasteiger charge is 2.58. The Bertz CT molecular complexity index is 854. The maximum Gasteiger partial charge on any atom is 0.258 e. The number of nitrogens with one attached hydrogen (secondary N) is 3. The number of ether oxygens (including phenoxy) is 1. The van der Waals surface area contributed by atoms with Crippen LogP contribution >= 0.6 is 11.6 Å². The topological polar surface area (TPSA) is 99.7 Å². The first-order valence-electron chi connectivity index (χ1n) is 11.4. The van der Waals surface area contributed by atoms with E-state index >= 15 is 0 Å². The van der Waals surface area contributed by atoms with Crippen LogP contribution in [0.25, 0.3) is 0 Å². The fourth-order valence-corrected chi connectivity index (χ4v) is 5.49. The molecule has 2 atom stereocenters. The molecule has 176 valence electrons. The molecule has 1 aliphatic heterocycles. The second-order valence-electron chi connectivity index (χ2n) is 9.43. The number of benzene rings is 1. The van der Waals surface area contributed by atoms with Crippen LogP contribution in [-0.2, 0) is 9.59 Å². The number of fused-ring (bicyclic) bond motifs is 3. The summed E-state index contributed by atoms with van der Waals surface area (Å²) < 4.78 is 18.9. The first-order chi connectivity index (χ1) is 15.3. The Kier molecular flexibility index (Phi) is 6.93. The van der Waals surface area contributed by atoms with Crippen molar-refractivity contribution >= 4 is 23.4 Å². The lowest BCUT2D eigenvalue weighted by atomic mass is 9.55. The number of hydrogen-bond acceptors (Lipinski definition) is 5. The molecule has 0 spiro atoms. The van der Waals surface area contributed by atoms with Crippen molar-refractivity contribution in [3.8, 4) is 5.75 Å². The fourth-order valence-electron chi connectivity index (χ4n) is 5.37. The maximum absolute atomic E-state index is 13.5. The highest BCUT2D eigenvalue weighted by atomic mass is 35.5. The van der Waals surface area contributed by atoms with Gasteiger partial charge in [-0.1, -0.05) is 18.0 Å². The lowest BCUT2D eigenvalue weighted by Gasteiger charge is -2.55. The predicted molar refractivity (Wildman–Crippen MR) is 118 cm³/mol. The molecule has 4 aliphatic rings. The quantitative estimate of drug-likeness (QED) is 0.493. The van der Waals surface area contributed by atoms with Crippen LogP contribution in [0.3, 0.4) is 0 Å². The average molecular weight is 468 g/mol. The predicted octanol–water partition coefficient (Wildman–Crippen LogP) is 2.30. The van der Waals surface area contributed by atoms with E-state index in [1.807, 2.05) is 0 Å². The summed E-state index contributed by atoms with van der Waals surface area (Å²) in [6.07, 6.45) is 5.22. The number of carbonyl (C=O) groups excluding carboxylic acids is 2. The maximum atomic E-state index is 13.5. The molecule has 0 aromatic heterocycles. The van der Waals surface area contributed by atoms with Gasteiger partial charge in [-0.3, -0.25) is 9.59 Å². The van der Waals surface area contributed by atoms with Gasteiger partial charge in [-0.25, -0.2) is 4.39 Å². The van der Waals surface area contributed by atoms with Gasteiger partial charge < -0.3 is 25.8 Å². The van der Waals surface area contributed by atoms with Crippen molar-refractivity contribution in [2.75, 3.05) is 19.7 Å². The Hall–Kier alpha value is -1.90. The van der Waals surface area contributed by atoms with Gasteiger partial charge in [0.2, 0.25) is 5.91 Å². The van der Waals surface area contributed by atoms with Crippen LogP contribution < -0.4 is 20.7 Å². The normalized spacial score (nSPS) is 31.7. The van der Waals surface area contributed by atoms with E-state index in [1.165, 1.54) is 25.0 Å². The number of rotatable bonds is 7. The molecule has 4 N–H and O–H groups in total. The number of halogens is 2. The Morgan fingerprint density at radius 3 is 2.69 bits per heavy atom.